The molecule has 0 fully saturated rings. The molecule has 0 aliphatic carbocycles. The first-order valence-corrected chi connectivity index (χ1v) is 12.1. The smallest absolute Gasteiger partial charge is 0.267 e. The molecule has 0 bridgehead atoms. The van der Waals surface area contributed by atoms with Gasteiger partial charge in [0, 0.05) is 7.05 Å². The summed E-state index contributed by atoms with van der Waals surface area (Å²) in [5.74, 6) is 5.70. The molecule has 5 rings (SSSR count). The van der Waals surface area contributed by atoms with E-state index in [1.165, 1.54) is 35.2 Å². The number of anilines is 2. The van der Waals surface area contributed by atoms with Crippen molar-refractivity contribution in [3.63, 3.8) is 0 Å². The fourth-order valence-corrected chi connectivity index (χ4v) is 4.23. The number of nitrogens with one attached hydrogen (secondary N) is 2. The Kier molecular flexibility index (Phi) is 7.17. The van der Waals surface area contributed by atoms with Crippen molar-refractivity contribution in [1.82, 2.24) is 24.5 Å². The van der Waals surface area contributed by atoms with Crippen molar-refractivity contribution in [1.29, 1.82) is 0 Å². The first-order valence-electron chi connectivity index (χ1n) is 11.8. The zero-order chi connectivity index (χ0) is 27.5. The minimum atomic E-state index is -0.668. The number of fused-ring (bicyclic) bond motifs is 1. The molecule has 194 valence electrons. The van der Waals surface area contributed by atoms with Gasteiger partial charge in [-0.1, -0.05) is 35.7 Å². The Labute approximate surface area is 226 Å². The Bertz CT molecular complexity index is 1800. The van der Waals surface area contributed by atoms with Crippen molar-refractivity contribution in [2.75, 3.05) is 17.7 Å². The van der Waals surface area contributed by atoms with Crippen LogP contribution in [-0.4, -0.2) is 31.6 Å². The molecule has 0 spiro atoms. The van der Waals surface area contributed by atoms with E-state index in [9.17, 15) is 13.6 Å². The van der Waals surface area contributed by atoms with Crippen LogP contribution >= 0.6 is 11.6 Å². The van der Waals surface area contributed by atoms with E-state index in [0.717, 1.165) is 6.20 Å². The summed E-state index contributed by atoms with van der Waals surface area (Å²) in [5.41, 5.74) is 0.635. The van der Waals surface area contributed by atoms with E-state index in [1.54, 1.807) is 38.2 Å². The van der Waals surface area contributed by atoms with Crippen LogP contribution in [0.15, 0.2) is 71.9 Å². The maximum Gasteiger partial charge on any atom is 0.267 e. The first-order chi connectivity index (χ1) is 18.9. The van der Waals surface area contributed by atoms with E-state index in [2.05, 4.69) is 42.4 Å². The highest BCUT2D eigenvalue weighted by Gasteiger charge is 2.22. The summed E-state index contributed by atoms with van der Waals surface area (Å²) in [5, 5.41) is 6.28. The topological polar surface area (TPSA) is 97.6 Å². The highest BCUT2D eigenvalue weighted by molar-refractivity contribution is 6.35. The average molecular weight is 544 g/mol. The molecule has 2 N–H and O–H groups in total. The fourth-order valence-electron chi connectivity index (χ4n) is 4.00. The van der Waals surface area contributed by atoms with Crippen LogP contribution in [0.3, 0.4) is 0 Å². The van der Waals surface area contributed by atoms with Crippen LogP contribution in [0.25, 0.3) is 16.6 Å². The summed E-state index contributed by atoms with van der Waals surface area (Å²) in [6, 6.07) is 13.4. The number of nitrogens with zero attached hydrogens (tertiary/aromatic N) is 5. The zero-order valence-electron chi connectivity index (χ0n) is 20.7. The molecule has 1 atom stereocenters. The third-order valence-electron chi connectivity index (χ3n) is 5.83. The summed E-state index contributed by atoms with van der Waals surface area (Å²) < 4.78 is 29.5. The number of pyridine rings is 1. The molecule has 0 aliphatic rings. The molecule has 8 nitrogen and oxygen atoms in total. The van der Waals surface area contributed by atoms with Gasteiger partial charge in [0.25, 0.3) is 5.56 Å². The van der Waals surface area contributed by atoms with Gasteiger partial charge >= 0.3 is 0 Å². The number of benzene rings is 2. The molecule has 0 amide bonds. The second kappa shape index (κ2) is 10.8. The second-order valence-electron chi connectivity index (χ2n) is 8.37. The monoisotopic (exact) mass is 543 g/mol. The minimum Gasteiger partial charge on any atom is -0.372 e. The van der Waals surface area contributed by atoms with E-state index >= 15 is 0 Å². The highest BCUT2D eigenvalue weighted by Crippen LogP contribution is 2.27. The zero-order valence-corrected chi connectivity index (χ0v) is 21.5. The van der Waals surface area contributed by atoms with Gasteiger partial charge in [0.2, 0.25) is 0 Å². The summed E-state index contributed by atoms with van der Waals surface area (Å²) >= 11 is 6.30. The van der Waals surface area contributed by atoms with E-state index < -0.39 is 23.2 Å². The van der Waals surface area contributed by atoms with Crippen LogP contribution < -0.4 is 16.2 Å². The van der Waals surface area contributed by atoms with Gasteiger partial charge in [-0.3, -0.25) is 9.36 Å². The van der Waals surface area contributed by atoms with Crippen LogP contribution in [0.5, 0.6) is 0 Å². The summed E-state index contributed by atoms with van der Waals surface area (Å²) in [4.78, 5) is 30.8. The molecular formula is C28H20ClF2N7O. The van der Waals surface area contributed by atoms with Crippen molar-refractivity contribution in [3.05, 3.63) is 111 Å². The van der Waals surface area contributed by atoms with Crippen LogP contribution in [0.4, 0.5) is 20.4 Å². The Morgan fingerprint density at radius 1 is 0.974 bits per heavy atom. The lowest BCUT2D eigenvalue weighted by molar-refractivity contribution is 0.621. The van der Waals surface area contributed by atoms with Gasteiger partial charge in [-0.05, 0) is 49.2 Å². The number of hydrogen-bond acceptors (Lipinski definition) is 7. The lowest BCUT2D eigenvalue weighted by Crippen LogP contribution is -2.28. The Morgan fingerprint density at radius 2 is 1.74 bits per heavy atom. The summed E-state index contributed by atoms with van der Waals surface area (Å²) in [6.45, 7) is 1.76. The van der Waals surface area contributed by atoms with Gasteiger partial charge in [0.15, 0.2) is 0 Å². The van der Waals surface area contributed by atoms with Crippen molar-refractivity contribution < 1.29 is 8.78 Å². The lowest BCUT2D eigenvalue weighted by Gasteiger charge is -2.21. The number of halogens is 3. The van der Waals surface area contributed by atoms with Gasteiger partial charge in [-0.25, -0.2) is 28.7 Å². The summed E-state index contributed by atoms with van der Waals surface area (Å²) in [6.07, 6.45) is 2.42. The lowest BCUT2D eigenvalue weighted by atomic mass is 10.2. The van der Waals surface area contributed by atoms with Crippen molar-refractivity contribution >= 4 is 34.1 Å². The molecule has 3 heterocycles. The van der Waals surface area contributed by atoms with Crippen LogP contribution in [0, 0.1) is 23.5 Å². The maximum atomic E-state index is 14.8. The fraction of sp³-hybridized carbons (Fsp3) is 0.107. The normalized spacial score (nSPS) is 11.5. The molecule has 0 saturated heterocycles. The molecule has 0 aliphatic heterocycles. The molecule has 11 heteroatoms. The molecule has 1 unspecified atom stereocenters. The van der Waals surface area contributed by atoms with Crippen LogP contribution in [-0.2, 0) is 0 Å². The molecule has 39 heavy (non-hydrogen) atoms. The molecule has 0 saturated carbocycles. The molecule has 0 radical (unpaired) electrons. The molecule has 2 aromatic carbocycles. The number of rotatable bonds is 5. The van der Waals surface area contributed by atoms with E-state index in [-0.39, 0.29) is 21.7 Å². The number of para-hydroxylation sites is 1. The molecular weight excluding hydrogens is 524 g/mol. The third kappa shape index (κ3) is 5.12. The van der Waals surface area contributed by atoms with Crippen LogP contribution in [0.2, 0.25) is 5.02 Å². The maximum absolute atomic E-state index is 14.8. The number of hydrogen-bond donors (Lipinski definition) is 2. The van der Waals surface area contributed by atoms with E-state index in [0.29, 0.717) is 28.6 Å². The Balaban J connectivity index is 1.64. The van der Waals surface area contributed by atoms with Gasteiger partial charge < -0.3 is 10.6 Å². The number of aromatic nitrogens is 5. The van der Waals surface area contributed by atoms with Gasteiger partial charge in [0.05, 0.1) is 28.3 Å². The largest absolute Gasteiger partial charge is 0.372 e. The quantitative estimate of drug-likeness (QED) is 0.297. The molecule has 5 aromatic rings. The molecule has 3 aromatic heterocycles. The predicted octanol–water partition coefficient (Wildman–Crippen LogP) is 5.12. The van der Waals surface area contributed by atoms with Gasteiger partial charge in [-0.15, -0.1) is 0 Å². The van der Waals surface area contributed by atoms with Gasteiger partial charge in [-0.2, -0.15) is 0 Å². The Morgan fingerprint density at radius 3 is 2.46 bits per heavy atom. The summed E-state index contributed by atoms with van der Waals surface area (Å²) in [7, 11) is 1.68. The predicted molar refractivity (Wildman–Crippen MR) is 146 cm³/mol. The van der Waals surface area contributed by atoms with Crippen molar-refractivity contribution in [3.8, 4) is 17.5 Å². The van der Waals surface area contributed by atoms with Crippen molar-refractivity contribution in [2.45, 2.75) is 13.0 Å². The third-order valence-corrected chi connectivity index (χ3v) is 6.15. The van der Waals surface area contributed by atoms with Gasteiger partial charge in [0.1, 0.15) is 52.2 Å². The standard InChI is InChI=1S/C28H20ClF2N7O/c1-16(36-26-20(25(32-2)34-15-35-26)11-10-18-9-8-17(30)14-33-18)27-37-24-22(31)13-12-21(29)23(24)28(39)38(27)19-6-4-3-5-7-19/h3-9,12-16H,1-2H3,(H2,32,34,35,36). The van der Waals surface area contributed by atoms with E-state index in [4.69, 9.17) is 11.6 Å². The minimum absolute atomic E-state index is 0.0191. The van der Waals surface area contributed by atoms with Crippen LogP contribution in [0.1, 0.15) is 30.0 Å². The highest BCUT2D eigenvalue weighted by atomic mass is 35.5. The average Bonchev–Trinajstić information content (AvgIpc) is 2.95. The SMILES string of the molecule is CNc1ncnc(NC(C)c2nc3c(F)ccc(Cl)c3c(=O)n2-c2ccccc2)c1C#Cc1ccc(F)cn1. The Hall–Kier alpha value is -4.88. The first kappa shape index (κ1) is 25.8. The van der Waals surface area contributed by atoms with E-state index in [1.807, 2.05) is 6.07 Å². The van der Waals surface area contributed by atoms with Crippen molar-refractivity contribution in [2.24, 2.45) is 0 Å². The second-order valence-corrected chi connectivity index (χ2v) is 8.78.